The number of aromatic nitrogens is 1. The summed E-state index contributed by atoms with van der Waals surface area (Å²) in [7, 11) is 0. The highest BCUT2D eigenvalue weighted by molar-refractivity contribution is 6.35. The molecule has 0 amide bonds. The van der Waals surface area contributed by atoms with E-state index in [9.17, 15) is 0 Å². The molecule has 1 unspecified atom stereocenters. The molecule has 0 aliphatic rings. The monoisotopic (exact) mass is 280 g/mol. The zero-order valence-electron chi connectivity index (χ0n) is 10.2. The van der Waals surface area contributed by atoms with Gasteiger partial charge in [0.1, 0.15) is 5.82 Å². The van der Waals surface area contributed by atoms with Crippen molar-refractivity contribution in [2.45, 2.75) is 19.9 Å². The minimum absolute atomic E-state index is 0.136. The van der Waals surface area contributed by atoms with Crippen LogP contribution in [0.4, 0.5) is 5.82 Å². The van der Waals surface area contributed by atoms with Gasteiger partial charge in [-0.2, -0.15) is 0 Å². The number of halogens is 2. The summed E-state index contributed by atoms with van der Waals surface area (Å²) in [4.78, 5) is 4.19. The first-order valence-electron chi connectivity index (χ1n) is 5.70. The summed E-state index contributed by atoms with van der Waals surface area (Å²) in [5, 5.41) is 4.34. The van der Waals surface area contributed by atoms with Crippen LogP contribution in [-0.2, 0) is 0 Å². The second-order valence-corrected chi connectivity index (χ2v) is 5.10. The number of nitrogens with zero attached hydrogens (tertiary/aromatic N) is 1. The van der Waals surface area contributed by atoms with E-state index in [1.807, 2.05) is 0 Å². The van der Waals surface area contributed by atoms with Crippen molar-refractivity contribution in [3.8, 4) is 0 Å². The molecule has 0 fully saturated rings. The maximum Gasteiger partial charge on any atom is 0.145 e. The van der Waals surface area contributed by atoms with E-state index in [1.54, 1.807) is 12.3 Å². The maximum absolute atomic E-state index is 6.08. The average Bonchev–Trinajstić information content (AvgIpc) is 2.33. The number of benzene rings is 1. The molecule has 0 saturated heterocycles. The molecule has 94 valence electrons. The maximum atomic E-state index is 6.08. The van der Waals surface area contributed by atoms with Gasteiger partial charge in [-0.3, -0.25) is 0 Å². The molecule has 0 bridgehead atoms. The zero-order valence-corrected chi connectivity index (χ0v) is 11.8. The van der Waals surface area contributed by atoms with E-state index >= 15 is 0 Å². The Morgan fingerprint density at radius 3 is 2.44 bits per heavy atom. The standard InChI is InChI=1S/C14H14Cl2N2/c1-9-3-5-11(6-4-9)10(2)18-14-13(16)7-12(15)8-17-14/h3-8,10H,1-2H3,(H,17,18). The summed E-state index contributed by atoms with van der Waals surface area (Å²) in [5.41, 5.74) is 2.43. The van der Waals surface area contributed by atoms with Gasteiger partial charge in [-0.1, -0.05) is 53.0 Å². The number of aryl methyl sites for hydroxylation is 1. The average molecular weight is 281 g/mol. The van der Waals surface area contributed by atoms with Gasteiger partial charge in [0.25, 0.3) is 0 Å². The number of hydrogen-bond acceptors (Lipinski definition) is 2. The molecule has 0 aliphatic heterocycles. The molecular formula is C14H14Cl2N2. The van der Waals surface area contributed by atoms with Crippen molar-refractivity contribution in [1.29, 1.82) is 0 Å². The minimum atomic E-state index is 0.136. The van der Waals surface area contributed by atoms with Crippen molar-refractivity contribution in [2.24, 2.45) is 0 Å². The van der Waals surface area contributed by atoms with Crippen molar-refractivity contribution >= 4 is 29.0 Å². The van der Waals surface area contributed by atoms with Crippen molar-refractivity contribution in [2.75, 3.05) is 5.32 Å². The molecule has 0 aliphatic carbocycles. The van der Waals surface area contributed by atoms with E-state index in [4.69, 9.17) is 23.2 Å². The molecule has 0 radical (unpaired) electrons. The Kier molecular flexibility index (Phi) is 4.10. The third kappa shape index (κ3) is 3.15. The number of hydrogen-bond donors (Lipinski definition) is 1. The topological polar surface area (TPSA) is 24.9 Å². The largest absolute Gasteiger partial charge is 0.362 e. The van der Waals surface area contributed by atoms with Crippen molar-refractivity contribution in [1.82, 2.24) is 4.98 Å². The van der Waals surface area contributed by atoms with Crippen LogP contribution in [0, 0.1) is 6.92 Å². The van der Waals surface area contributed by atoms with Crippen molar-refractivity contribution in [3.63, 3.8) is 0 Å². The van der Waals surface area contributed by atoms with Crippen LogP contribution in [0.1, 0.15) is 24.1 Å². The summed E-state index contributed by atoms with van der Waals surface area (Å²) in [6.07, 6.45) is 1.58. The summed E-state index contributed by atoms with van der Waals surface area (Å²) < 4.78 is 0. The quantitative estimate of drug-likeness (QED) is 0.868. The molecular weight excluding hydrogens is 267 g/mol. The van der Waals surface area contributed by atoms with Gasteiger partial charge < -0.3 is 5.32 Å². The normalized spacial score (nSPS) is 12.2. The van der Waals surface area contributed by atoms with Crippen LogP contribution in [0.15, 0.2) is 36.5 Å². The van der Waals surface area contributed by atoms with Gasteiger partial charge in [0.15, 0.2) is 0 Å². The van der Waals surface area contributed by atoms with Gasteiger partial charge in [-0.25, -0.2) is 4.98 Å². The highest BCUT2D eigenvalue weighted by atomic mass is 35.5. The number of anilines is 1. The van der Waals surface area contributed by atoms with Crippen LogP contribution in [0.3, 0.4) is 0 Å². The van der Waals surface area contributed by atoms with Crippen LogP contribution >= 0.6 is 23.2 Å². The Balaban J connectivity index is 2.15. The molecule has 2 nitrogen and oxygen atoms in total. The van der Waals surface area contributed by atoms with E-state index in [-0.39, 0.29) is 6.04 Å². The molecule has 2 aromatic rings. The molecule has 0 saturated carbocycles. The molecule has 1 N–H and O–H groups in total. The predicted octanol–water partition coefficient (Wildman–Crippen LogP) is 4.87. The van der Waals surface area contributed by atoms with E-state index in [2.05, 4.69) is 48.4 Å². The first kappa shape index (κ1) is 13.2. The third-order valence-electron chi connectivity index (χ3n) is 2.74. The highest BCUT2D eigenvalue weighted by Crippen LogP contribution is 2.26. The zero-order chi connectivity index (χ0) is 13.1. The van der Waals surface area contributed by atoms with Crippen LogP contribution in [0.5, 0.6) is 0 Å². The summed E-state index contributed by atoms with van der Waals surface area (Å²) >= 11 is 11.9. The molecule has 2 rings (SSSR count). The van der Waals surface area contributed by atoms with Crippen LogP contribution < -0.4 is 5.32 Å². The van der Waals surface area contributed by atoms with Gasteiger partial charge in [0.2, 0.25) is 0 Å². The van der Waals surface area contributed by atoms with Crippen LogP contribution in [0.2, 0.25) is 10.0 Å². The Morgan fingerprint density at radius 1 is 1.17 bits per heavy atom. The van der Waals surface area contributed by atoms with E-state index in [0.717, 1.165) is 0 Å². The van der Waals surface area contributed by atoms with Gasteiger partial charge in [0.05, 0.1) is 10.0 Å². The Labute approximate surface area is 117 Å². The Hall–Kier alpha value is -1.25. The molecule has 1 aromatic heterocycles. The first-order valence-corrected chi connectivity index (χ1v) is 6.46. The fourth-order valence-electron chi connectivity index (χ4n) is 1.66. The number of nitrogens with one attached hydrogen (secondary N) is 1. The van der Waals surface area contributed by atoms with Gasteiger partial charge in [-0.15, -0.1) is 0 Å². The van der Waals surface area contributed by atoms with Gasteiger partial charge >= 0.3 is 0 Å². The highest BCUT2D eigenvalue weighted by Gasteiger charge is 2.08. The van der Waals surface area contributed by atoms with E-state index < -0.39 is 0 Å². The van der Waals surface area contributed by atoms with Crippen molar-refractivity contribution < 1.29 is 0 Å². The molecule has 1 atom stereocenters. The third-order valence-corrected chi connectivity index (χ3v) is 3.23. The minimum Gasteiger partial charge on any atom is -0.362 e. The lowest BCUT2D eigenvalue weighted by Crippen LogP contribution is -2.08. The smallest absolute Gasteiger partial charge is 0.145 e. The second kappa shape index (κ2) is 5.59. The summed E-state index contributed by atoms with van der Waals surface area (Å²) in [6.45, 7) is 4.14. The van der Waals surface area contributed by atoms with E-state index in [0.29, 0.717) is 15.9 Å². The molecule has 18 heavy (non-hydrogen) atoms. The molecule has 1 heterocycles. The van der Waals surface area contributed by atoms with Crippen LogP contribution in [0.25, 0.3) is 0 Å². The first-order chi connectivity index (χ1) is 8.56. The number of rotatable bonds is 3. The van der Waals surface area contributed by atoms with Crippen molar-refractivity contribution in [3.05, 3.63) is 57.7 Å². The fraction of sp³-hybridized carbons (Fsp3) is 0.214. The summed E-state index contributed by atoms with van der Waals surface area (Å²) in [6, 6.07) is 10.2. The molecule has 0 spiro atoms. The lowest BCUT2D eigenvalue weighted by molar-refractivity contribution is 0.874. The van der Waals surface area contributed by atoms with Gasteiger partial charge in [0, 0.05) is 12.2 Å². The lowest BCUT2D eigenvalue weighted by Gasteiger charge is -2.16. The predicted molar refractivity (Wildman–Crippen MR) is 77.5 cm³/mol. The fourth-order valence-corrected chi connectivity index (χ4v) is 2.10. The van der Waals surface area contributed by atoms with Crippen LogP contribution in [-0.4, -0.2) is 4.98 Å². The molecule has 4 heteroatoms. The Bertz CT molecular complexity index is 538. The number of pyridine rings is 1. The Morgan fingerprint density at radius 2 is 1.83 bits per heavy atom. The molecule has 1 aromatic carbocycles. The second-order valence-electron chi connectivity index (χ2n) is 4.26. The summed E-state index contributed by atoms with van der Waals surface area (Å²) in [5.74, 6) is 0.647. The lowest BCUT2D eigenvalue weighted by atomic mass is 10.1. The van der Waals surface area contributed by atoms with Gasteiger partial charge in [-0.05, 0) is 25.5 Å². The van der Waals surface area contributed by atoms with E-state index in [1.165, 1.54) is 11.1 Å². The SMILES string of the molecule is Cc1ccc(C(C)Nc2ncc(Cl)cc2Cl)cc1.